The van der Waals surface area contributed by atoms with Gasteiger partial charge in [0, 0.05) is 25.3 Å². The van der Waals surface area contributed by atoms with Crippen molar-refractivity contribution in [2.75, 3.05) is 31.6 Å². The van der Waals surface area contributed by atoms with Crippen molar-refractivity contribution in [1.82, 2.24) is 19.1 Å². The third-order valence-electron chi connectivity index (χ3n) is 4.57. The van der Waals surface area contributed by atoms with Gasteiger partial charge in [-0.2, -0.15) is 4.31 Å². The maximum Gasteiger partial charge on any atom is 0.243 e. The number of sulfonamides is 1. The minimum absolute atomic E-state index is 0.142. The molecule has 9 nitrogen and oxygen atoms in total. The first kappa shape index (κ1) is 22.5. The van der Waals surface area contributed by atoms with Gasteiger partial charge in [-0.15, -0.1) is 16.8 Å². The van der Waals surface area contributed by atoms with Crippen LogP contribution in [0.15, 0.2) is 47.0 Å². The molecule has 1 unspecified atom stereocenters. The van der Waals surface area contributed by atoms with Gasteiger partial charge in [0.05, 0.1) is 23.4 Å². The second-order valence-electron chi connectivity index (χ2n) is 6.72. The summed E-state index contributed by atoms with van der Waals surface area (Å²) < 4.78 is 34.1. The molecule has 0 saturated carbocycles. The Morgan fingerprint density at radius 3 is 2.80 bits per heavy atom. The molecule has 2 heterocycles. The zero-order valence-electron chi connectivity index (χ0n) is 16.9. The molecule has 0 bridgehead atoms. The maximum absolute atomic E-state index is 12.8. The molecule has 1 aliphatic rings. The number of benzene rings is 1. The Bertz CT molecular complexity index is 1020. The molecule has 1 fully saturated rings. The van der Waals surface area contributed by atoms with E-state index >= 15 is 0 Å². The highest BCUT2D eigenvalue weighted by atomic mass is 32.2. The summed E-state index contributed by atoms with van der Waals surface area (Å²) in [5, 5.41) is 11.1. The SMILES string of the molecule is C=CCn1c(C)nnc1SC(C)C(=O)Nc1cccc(S(=O)(=O)N2CCOCC2)c1. The molecule has 0 spiro atoms. The Morgan fingerprint density at radius 1 is 1.37 bits per heavy atom. The van der Waals surface area contributed by atoms with Crippen LogP contribution in [-0.4, -0.2) is 64.9 Å². The summed E-state index contributed by atoms with van der Waals surface area (Å²) in [6, 6.07) is 6.28. The van der Waals surface area contributed by atoms with E-state index in [1.54, 1.807) is 25.1 Å². The number of morpholine rings is 1. The number of rotatable bonds is 8. The molecule has 162 valence electrons. The molecule has 0 aliphatic carbocycles. The first-order valence-corrected chi connectivity index (χ1v) is 11.8. The van der Waals surface area contributed by atoms with Crippen molar-refractivity contribution < 1.29 is 17.9 Å². The van der Waals surface area contributed by atoms with Crippen molar-refractivity contribution in [3.8, 4) is 0 Å². The van der Waals surface area contributed by atoms with Crippen LogP contribution in [0.3, 0.4) is 0 Å². The molecular formula is C19H25N5O4S2. The third-order valence-corrected chi connectivity index (χ3v) is 7.55. The molecule has 1 aliphatic heterocycles. The van der Waals surface area contributed by atoms with E-state index in [4.69, 9.17) is 4.74 Å². The van der Waals surface area contributed by atoms with E-state index in [9.17, 15) is 13.2 Å². The normalized spacial score (nSPS) is 16.2. The zero-order valence-corrected chi connectivity index (χ0v) is 18.6. The average molecular weight is 452 g/mol. The highest BCUT2D eigenvalue weighted by Gasteiger charge is 2.27. The lowest BCUT2D eigenvalue weighted by Gasteiger charge is -2.26. The van der Waals surface area contributed by atoms with Crippen LogP contribution >= 0.6 is 11.8 Å². The van der Waals surface area contributed by atoms with Crippen LogP contribution < -0.4 is 5.32 Å². The van der Waals surface area contributed by atoms with Crippen molar-refractivity contribution >= 4 is 33.4 Å². The first-order chi connectivity index (χ1) is 14.3. The molecule has 0 radical (unpaired) electrons. The van der Waals surface area contributed by atoms with E-state index in [0.29, 0.717) is 43.7 Å². The summed E-state index contributed by atoms with van der Waals surface area (Å²) >= 11 is 1.28. The third kappa shape index (κ3) is 5.09. The van der Waals surface area contributed by atoms with Crippen molar-refractivity contribution in [1.29, 1.82) is 0 Å². The van der Waals surface area contributed by atoms with Crippen LogP contribution in [0.25, 0.3) is 0 Å². The number of amides is 1. The quantitative estimate of drug-likeness (QED) is 0.483. The number of carbonyl (C=O) groups excluding carboxylic acids is 1. The minimum atomic E-state index is -3.63. The second-order valence-corrected chi connectivity index (χ2v) is 9.97. The zero-order chi connectivity index (χ0) is 21.7. The van der Waals surface area contributed by atoms with Crippen molar-refractivity contribution in [2.24, 2.45) is 0 Å². The molecular weight excluding hydrogens is 426 g/mol. The second kappa shape index (κ2) is 9.73. The Labute approximate surface area is 180 Å². The van der Waals surface area contributed by atoms with E-state index < -0.39 is 15.3 Å². The average Bonchev–Trinajstić information content (AvgIpc) is 3.08. The van der Waals surface area contributed by atoms with Crippen molar-refractivity contribution in [2.45, 2.75) is 35.7 Å². The van der Waals surface area contributed by atoms with Crippen LogP contribution in [0, 0.1) is 6.92 Å². The summed E-state index contributed by atoms with van der Waals surface area (Å²) in [6.45, 7) is 9.26. The maximum atomic E-state index is 12.8. The highest BCUT2D eigenvalue weighted by Crippen LogP contribution is 2.25. The Morgan fingerprint density at radius 2 is 2.10 bits per heavy atom. The molecule has 1 atom stereocenters. The molecule has 1 aromatic heterocycles. The predicted octanol–water partition coefficient (Wildman–Crippen LogP) is 1.91. The summed E-state index contributed by atoms with van der Waals surface area (Å²) in [6.07, 6.45) is 1.74. The molecule has 3 rings (SSSR count). The van der Waals surface area contributed by atoms with Gasteiger partial charge in [-0.3, -0.25) is 4.79 Å². The lowest BCUT2D eigenvalue weighted by atomic mass is 10.3. The fourth-order valence-electron chi connectivity index (χ4n) is 2.91. The number of hydrogen-bond donors (Lipinski definition) is 1. The lowest BCUT2D eigenvalue weighted by Crippen LogP contribution is -2.40. The standard InChI is InChI=1S/C19H25N5O4S2/c1-4-8-24-15(3)21-22-19(24)29-14(2)18(25)20-16-6-5-7-17(13-16)30(26,27)23-9-11-28-12-10-23/h4-7,13-14H,1,8-12H2,2-3H3,(H,20,25). The summed E-state index contributed by atoms with van der Waals surface area (Å²) in [7, 11) is -3.63. The Kier molecular flexibility index (Phi) is 7.29. The largest absolute Gasteiger partial charge is 0.379 e. The van der Waals surface area contributed by atoms with Gasteiger partial charge in [0.1, 0.15) is 5.82 Å². The smallest absolute Gasteiger partial charge is 0.243 e. The van der Waals surface area contributed by atoms with Gasteiger partial charge in [0.15, 0.2) is 5.16 Å². The van der Waals surface area contributed by atoms with Gasteiger partial charge >= 0.3 is 0 Å². The van der Waals surface area contributed by atoms with Crippen molar-refractivity contribution in [3.05, 3.63) is 42.7 Å². The molecule has 1 N–H and O–H groups in total. The number of hydrogen-bond acceptors (Lipinski definition) is 7. The van der Waals surface area contributed by atoms with Crippen LogP contribution in [0.1, 0.15) is 12.7 Å². The van der Waals surface area contributed by atoms with E-state index in [0.717, 1.165) is 5.82 Å². The molecule has 2 aromatic rings. The Hall–Kier alpha value is -2.21. The van der Waals surface area contributed by atoms with E-state index in [-0.39, 0.29) is 10.8 Å². The van der Waals surface area contributed by atoms with Crippen molar-refractivity contribution in [3.63, 3.8) is 0 Å². The Balaban J connectivity index is 1.69. The summed E-state index contributed by atoms with van der Waals surface area (Å²) in [5.41, 5.74) is 0.422. The molecule has 1 aromatic carbocycles. The summed E-state index contributed by atoms with van der Waals surface area (Å²) in [4.78, 5) is 12.8. The minimum Gasteiger partial charge on any atom is -0.379 e. The van der Waals surface area contributed by atoms with Gasteiger partial charge in [-0.1, -0.05) is 23.9 Å². The number of thioether (sulfide) groups is 1. The van der Waals surface area contributed by atoms with E-state index in [1.165, 1.54) is 28.2 Å². The van der Waals surface area contributed by atoms with Gasteiger partial charge < -0.3 is 14.6 Å². The van der Waals surface area contributed by atoms with E-state index in [1.807, 2.05) is 11.5 Å². The fourth-order valence-corrected chi connectivity index (χ4v) is 5.27. The first-order valence-electron chi connectivity index (χ1n) is 9.49. The topological polar surface area (TPSA) is 106 Å². The van der Waals surface area contributed by atoms with Gasteiger partial charge in [-0.25, -0.2) is 8.42 Å². The van der Waals surface area contributed by atoms with Gasteiger partial charge in [-0.05, 0) is 32.0 Å². The number of aromatic nitrogens is 3. The van der Waals surface area contributed by atoms with Crippen LogP contribution in [0.4, 0.5) is 5.69 Å². The number of carbonyl (C=O) groups is 1. The van der Waals surface area contributed by atoms with Gasteiger partial charge in [0.2, 0.25) is 15.9 Å². The molecule has 1 amide bonds. The highest BCUT2D eigenvalue weighted by molar-refractivity contribution is 8.00. The van der Waals surface area contributed by atoms with Crippen LogP contribution in [0.5, 0.6) is 0 Å². The number of aryl methyl sites for hydroxylation is 1. The predicted molar refractivity (Wildman–Crippen MR) is 115 cm³/mol. The number of ether oxygens (including phenoxy) is 1. The molecule has 1 saturated heterocycles. The van der Waals surface area contributed by atoms with Gasteiger partial charge in [0.25, 0.3) is 0 Å². The number of nitrogens with one attached hydrogen (secondary N) is 1. The number of allylic oxidation sites excluding steroid dienone is 1. The van der Waals surface area contributed by atoms with Crippen LogP contribution in [-0.2, 0) is 26.1 Å². The monoisotopic (exact) mass is 451 g/mol. The molecule has 11 heteroatoms. The van der Waals surface area contributed by atoms with E-state index in [2.05, 4.69) is 22.1 Å². The number of nitrogens with zero attached hydrogens (tertiary/aromatic N) is 4. The molecule has 30 heavy (non-hydrogen) atoms. The lowest BCUT2D eigenvalue weighted by molar-refractivity contribution is -0.115. The summed E-state index contributed by atoms with van der Waals surface area (Å²) in [5.74, 6) is 0.484. The fraction of sp³-hybridized carbons (Fsp3) is 0.421. The van der Waals surface area contributed by atoms with Crippen LogP contribution in [0.2, 0.25) is 0 Å². The number of anilines is 1.